The monoisotopic (exact) mass is 504 g/mol. The quantitative estimate of drug-likeness (QED) is 0.369. The molecular weight excluding hydrogens is 476 g/mol. The van der Waals surface area contributed by atoms with Gasteiger partial charge in [0.2, 0.25) is 5.78 Å². The fraction of sp³-hybridized carbons (Fsp3) is 0.480. The van der Waals surface area contributed by atoms with Gasteiger partial charge in [-0.3, -0.25) is 19.3 Å². The number of fused-ring (bicyclic) bond motifs is 3. The molecule has 6 N–H and O–H groups in total. The largest absolute Gasteiger partial charge is 0.511 e. The highest BCUT2D eigenvalue weighted by atomic mass is 35.5. The van der Waals surface area contributed by atoms with E-state index in [1.807, 2.05) is 6.92 Å². The number of Topliss-reactive ketones (excluding diaryl/α,β-unsaturated/α-hetero) is 2. The summed E-state index contributed by atoms with van der Waals surface area (Å²) in [6.45, 7) is 6.19. The fourth-order valence-electron chi connectivity index (χ4n) is 5.74. The Morgan fingerprint density at radius 2 is 1.91 bits per heavy atom. The zero-order valence-electron chi connectivity index (χ0n) is 19.6. The Balaban J connectivity index is 1.81. The highest BCUT2D eigenvalue weighted by Gasteiger charge is 2.59. The third-order valence-electron chi connectivity index (χ3n) is 7.45. The number of aliphatic hydroxyl groups excluding tert-OH is 2. The maximum atomic E-state index is 13.5. The van der Waals surface area contributed by atoms with E-state index in [9.17, 15) is 34.8 Å². The van der Waals surface area contributed by atoms with Gasteiger partial charge < -0.3 is 26.2 Å². The van der Waals surface area contributed by atoms with Gasteiger partial charge in [0, 0.05) is 29.5 Å². The zero-order valence-corrected chi connectivity index (χ0v) is 20.4. The van der Waals surface area contributed by atoms with Gasteiger partial charge in [-0.15, -0.1) is 0 Å². The van der Waals surface area contributed by atoms with Gasteiger partial charge >= 0.3 is 0 Å². The third kappa shape index (κ3) is 3.73. The minimum Gasteiger partial charge on any atom is -0.511 e. The summed E-state index contributed by atoms with van der Waals surface area (Å²) in [6, 6.07) is 1.44. The molecule has 0 bridgehead atoms. The van der Waals surface area contributed by atoms with Gasteiger partial charge in [-0.2, -0.15) is 0 Å². The smallest absolute Gasteiger partial charge is 0.255 e. The fourth-order valence-corrected chi connectivity index (χ4v) is 6.03. The summed E-state index contributed by atoms with van der Waals surface area (Å²) >= 11 is 6.73. The molecular formula is C25H29ClN2O7. The Hall–Kier alpha value is -2.88. The van der Waals surface area contributed by atoms with Crippen molar-refractivity contribution in [3.63, 3.8) is 0 Å². The first kappa shape index (κ1) is 25.2. The van der Waals surface area contributed by atoms with Gasteiger partial charge in [0.15, 0.2) is 11.4 Å². The minimum atomic E-state index is -2.57. The minimum absolute atomic E-state index is 0.0706. The van der Waals surface area contributed by atoms with Gasteiger partial charge in [0.1, 0.15) is 22.8 Å². The Morgan fingerprint density at radius 3 is 2.51 bits per heavy atom. The molecule has 3 aliphatic rings. The number of primary amides is 1. The SMILES string of the molecule is CCCN(CC)Cc1cc(O)c2c(c1Cl)CC1C[C@H]3CC(O)=C(C(N)=O)C(=O)[C@@]3(O)C(O)=C1C2=O. The number of carbonyl (C=O) groups excluding carboxylic acids is 3. The Morgan fingerprint density at radius 1 is 1.23 bits per heavy atom. The number of phenols is 1. The molecule has 10 heteroatoms. The standard InChI is InChI=1S/C25H29ClN2O7/c1-3-5-28(4-2)10-12-8-15(29)18-14(20(12)26)7-11-6-13-9-16(30)19(24(27)34)23(33)25(13,35)22(32)17(11)21(18)31/h8,11,13,29-30,32,35H,3-7,9-10H2,1-2H3,(H2,27,34)/t11?,13-,25-/m0/s1. The van der Waals surface area contributed by atoms with Crippen molar-refractivity contribution in [2.24, 2.45) is 17.6 Å². The van der Waals surface area contributed by atoms with Crippen LogP contribution in [0.3, 0.4) is 0 Å². The second kappa shape index (κ2) is 8.96. The van der Waals surface area contributed by atoms with Crippen molar-refractivity contribution >= 4 is 29.1 Å². The number of hydrogen-bond acceptors (Lipinski definition) is 8. The molecule has 9 nitrogen and oxygen atoms in total. The first-order valence-electron chi connectivity index (χ1n) is 11.7. The zero-order chi connectivity index (χ0) is 25.8. The van der Waals surface area contributed by atoms with Crippen LogP contribution in [0, 0.1) is 11.8 Å². The molecule has 0 aromatic heterocycles. The van der Waals surface area contributed by atoms with Crippen LogP contribution in [0.4, 0.5) is 0 Å². The molecule has 0 saturated heterocycles. The van der Waals surface area contributed by atoms with E-state index in [0.29, 0.717) is 22.7 Å². The molecule has 3 atom stereocenters. The molecule has 0 radical (unpaired) electrons. The first-order valence-corrected chi connectivity index (χ1v) is 12.1. The van der Waals surface area contributed by atoms with Gasteiger partial charge in [-0.25, -0.2) is 0 Å². The molecule has 1 unspecified atom stereocenters. The van der Waals surface area contributed by atoms with Crippen molar-refractivity contribution in [3.05, 3.63) is 50.4 Å². The third-order valence-corrected chi connectivity index (χ3v) is 7.92. The normalized spacial score (nSPS) is 26.1. The lowest BCUT2D eigenvalue weighted by molar-refractivity contribution is -0.144. The number of amides is 1. The molecule has 1 aromatic rings. The van der Waals surface area contributed by atoms with Gasteiger partial charge in [-0.05, 0) is 55.5 Å². The Bertz CT molecular complexity index is 1200. The van der Waals surface area contributed by atoms with Crippen molar-refractivity contribution in [3.8, 4) is 5.75 Å². The van der Waals surface area contributed by atoms with Crippen LogP contribution in [0.2, 0.25) is 5.02 Å². The summed E-state index contributed by atoms with van der Waals surface area (Å²) in [5.74, 6) is -6.52. The summed E-state index contributed by atoms with van der Waals surface area (Å²) in [7, 11) is 0. The average molecular weight is 505 g/mol. The second-order valence-corrected chi connectivity index (χ2v) is 9.88. The van der Waals surface area contributed by atoms with Crippen LogP contribution in [0.5, 0.6) is 5.75 Å². The summed E-state index contributed by atoms with van der Waals surface area (Å²) < 4.78 is 0. The number of nitrogens with zero attached hydrogens (tertiary/aromatic N) is 1. The van der Waals surface area contributed by atoms with Gasteiger partial charge in [-0.1, -0.05) is 25.4 Å². The summed E-state index contributed by atoms with van der Waals surface area (Å²) in [5, 5.41) is 43.7. The highest BCUT2D eigenvalue weighted by Crippen LogP contribution is 2.52. The highest BCUT2D eigenvalue weighted by molar-refractivity contribution is 6.33. The summed E-state index contributed by atoms with van der Waals surface area (Å²) in [5.41, 5.74) is 2.69. The Labute approximate surface area is 207 Å². The van der Waals surface area contributed by atoms with Crippen molar-refractivity contribution in [1.29, 1.82) is 0 Å². The number of allylic oxidation sites excluding steroid dienone is 2. The van der Waals surface area contributed by atoms with E-state index >= 15 is 0 Å². The molecule has 3 aliphatic carbocycles. The number of nitrogens with two attached hydrogens (primary N) is 1. The van der Waals surface area contributed by atoms with E-state index in [2.05, 4.69) is 11.8 Å². The number of hydrogen-bond donors (Lipinski definition) is 5. The number of benzene rings is 1. The number of rotatable bonds is 6. The molecule has 4 rings (SSSR count). The van der Waals surface area contributed by atoms with Crippen LogP contribution in [-0.4, -0.2) is 61.5 Å². The van der Waals surface area contributed by atoms with E-state index in [1.165, 1.54) is 6.07 Å². The molecule has 35 heavy (non-hydrogen) atoms. The lowest BCUT2D eigenvalue weighted by atomic mass is 9.60. The van der Waals surface area contributed by atoms with Crippen LogP contribution in [0.1, 0.15) is 54.6 Å². The van der Waals surface area contributed by atoms with Crippen LogP contribution in [0.15, 0.2) is 28.7 Å². The van der Waals surface area contributed by atoms with Crippen LogP contribution >= 0.6 is 11.6 Å². The number of ketones is 2. The van der Waals surface area contributed by atoms with Crippen molar-refractivity contribution in [2.45, 2.75) is 51.7 Å². The van der Waals surface area contributed by atoms with E-state index < -0.39 is 52.0 Å². The molecule has 0 fully saturated rings. The molecule has 1 aromatic carbocycles. The number of aliphatic hydroxyl groups is 3. The van der Waals surface area contributed by atoms with E-state index in [-0.39, 0.29) is 36.1 Å². The topological polar surface area (TPSA) is 161 Å². The van der Waals surface area contributed by atoms with Crippen molar-refractivity contribution in [2.75, 3.05) is 13.1 Å². The van der Waals surface area contributed by atoms with Crippen LogP contribution in [0.25, 0.3) is 0 Å². The van der Waals surface area contributed by atoms with Gasteiger partial charge in [0.25, 0.3) is 5.91 Å². The number of aromatic hydroxyl groups is 1. The number of phenolic OH excluding ortho intramolecular Hbond substituents is 1. The molecule has 0 heterocycles. The number of carbonyl (C=O) groups is 3. The average Bonchev–Trinajstić information content (AvgIpc) is 2.78. The summed E-state index contributed by atoms with van der Waals surface area (Å²) in [4.78, 5) is 40.4. The van der Waals surface area contributed by atoms with Crippen molar-refractivity contribution < 1.29 is 34.8 Å². The molecule has 0 saturated carbocycles. The van der Waals surface area contributed by atoms with Crippen molar-refractivity contribution in [1.82, 2.24) is 4.90 Å². The maximum Gasteiger partial charge on any atom is 0.255 e. The first-order chi connectivity index (χ1) is 16.5. The number of halogens is 1. The van der Waals surface area contributed by atoms with E-state index in [0.717, 1.165) is 19.5 Å². The predicted molar refractivity (Wildman–Crippen MR) is 127 cm³/mol. The second-order valence-electron chi connectivity index (χ2n) is 9.50. The van der Waals surface area contributed by atoms with Crippen LogP contribution in [-0.2, 0) is 22.6 Å². The van der Waals surface area contributed by atoms with E-state index in [1.54, 1.807) is 0 Å². The Kier molecular flexibility index (Phi) is 6.46. The lowest BCUT2D eigenvalue weighted by Gasteiger charge is -2.45. The summed E-state index contributed by atoms with van der Waals surface area (Å²) in [6.07, 6.45) is 0.935. The van der Waals surface area contributed by atoms with Crippen LogP contribution < -0.4 is 5.73 Å². The molecule has 0 aliphatic heterocycles. The predicted octanol–water partition coefficient (Wildman–Crippen LogP) is 2.47. The maximum absolute atomic E-state index is 13.5. The molecule has 1 amide bonds. The van der Waals surface area contributed by atoms with E-state index in [4.69, 9.17) is 17.3 Å². The lowest BCUT2D eigenvalue weighted by Crippen LogP contribution is -2.57. The molecule has 0 spiro atoms. The van der Waals surface area contributed by atoms with Gasteiger partial charge in [0.05, 0.1) is 5.56 Å². The molecule has 188 valence electrons.